The Kier molecular flexibility index (Phi) is 5.99. The minimum absolute atomic E-state index is 0.0178. The lowest BCUT2D eigenvalue weighted by molar-refractivity contribution is -0.137. The van der Waals surface area contributed by atoms with Gasteiger partial charge in [0.15, 0.2) is 5.78 Å². The molecule has 1 aromatic rings. The smallest absolute Gasteiger partial charge is 0.313 e. The Bertz CT molecular complexity index is 806. The monoisotopic (exact) mass is 365 g/mol. The van der Waals surface area contributed by atoms with E-state index in [2.05, 4.69) is 5.16 Å². The van der Waals surface area contributed by atoms with Crippen molar-refractivity contribution in [2.24, 2.45) is 16.0 Å². The zero-order valence-corrected chi connectivity index (χ0v) is 16.9. The van der Waals surface area contributed by atoms with Crippen LogP contribution in [0.5, 0.6) is 0 Å². The van der Waals surface area contributed by atoms with Gasteiger partial charge in [-0.25, -0.2) is 4.79 Å². The number of hydrogen-bond donors (Lipinski definition) is 0. The van der Waals surface area contributed by atoms with Gasteiger partial charge >= 0.3 is 5.97 Å². The van der Waals surface area contributed by atoms with Crippen LogP contribution in [0.15, 0.2) is 64.9 Å². The fraction of sp³-hybridized carbons (Fsp3) is 0.348. The SMILES string of the molecule is CC(C)(C)C1=CC(=NOC(=O)C=Cc2ccccc2)C=C(C(C)(C)C)C1=O. The molecule has 0 saturated heterocycles. The maximum atomic E-state index is 12.9. The van der Waals surface area contributed by atoms with Crippen LogP contribution in [0.25, 0.3) is 6.08 Å². The van der Waals surface area contributed by atoms with Crippen molar-refractivity contribution in [1.82, 2.24) is 0 Å². The van der Waals surface area contributed by atoms with Crippen LogP contribution in [0.3, 0.4) is 0 Å². The molecule has 4 heteroatoms. The first-order valence-electron chi connectivity index (χ1n) is 8.99. The van der Waals surface area contributed by atoms with Gasteiger partial charge in [-0.15, -0.1) is 0 Å². The topological polar surface area (TPSA) is 55.7 Å². The summed E-state index contributed by atoms with van der Waals surface area (Å²) in [5.41, 5.74) is 2.01. The van der Waals surface area contributed by atoms with Gasteiger partial charge in [0.1, 0.15) is 5.71 Å². The van der Waals surface area contributed by atoms with Crippen molar-refractivity contribution in [3.05, 3.63) is 65.3 Å². The number of Topliss-reactive ketones (excluding diaryl/α,β-unsaturated/α-hetero) is 1. The highest BCUT2D eigenvalue weighted by atomic mass is 16.7. The molecule has 0 amide bonds. The number of oxime groups is 1. The van der Waals surface area contributed by atoms with Crippen LogP contribution in [-0.4, -0.2) is 17.5 Å². The minimum atomic E-state index is -0.570. The van der Waals surface area contributed by atoms with E-state index in [1.165, 1.54) is 6.08 Å². The van der Waals surface area contributed by atoms with Crippen LogP contribution in [0.4, 0.5) is 0 Å². The third-order valence-electron chi connectivity index (χ3n) is 4.14. The normalized spacial score (nSPS) is 15.5. The molecule has 27 heavy (non-hydrogen) atoms. The highest BCUT2D eigenvalue weighted by Crippen LogP contribution is 2.36. The van der Waals surface area contributed by atoms with E-state index in [0.29, 0.717) is 16.9 Å². The van der Waals surface area contributed by atoms with Gasteiger partial charge in [0, 0.05) is 17.2 Å². The first-order valence-corrected chi connectivity index (χ1v) is 8.99. The van der Waals surface area contributed by atoms with Crippen molar-refractivity contribution in [2.45, 2.75) is 41.5 Å². The summed E-state index contributed by atoms with van der Waals surface area (Å²) >= 11 is 0. The summed E-state index contributed by atoms with van der Waals surface area (Å²) < 4.78 is 0. The Morgan fingerprint density at radius 1 is 0.926 bits per heavy atom. The van der Waals surface area contributed by atoms with E-state index in [-0.39, 0.29) is 16.6 Å². The second-order valence-corrected chi connectivity index (χ2v) is 8.62. The van der Waals surface area contributed by atoms with Crippen molar-refractivity contribution in [3.63, 3.8) is 0 Å². The van der Waals surface area contributed by atoms with Crippen LogP contribution in [0.2, 0.25) is 0 Å². The fourth-order valence-corrected chi connectivity index (χ4v) is 2.64. The maximum Gasteiger partial charge on any atom is 0.358 e. The van der Waals surface area contributed by atoms with Crippen molar-refractivity contribution in [1.29, 1.82) is 0 Å². The van der Waals surface area contributed by atoms with E-state index in [0.717, 1.165) is 5.56 Å². The number of hydrogen-bond acceptors (Lipinski definition) is 4. The largest absolute Gasteiger partial charge is 0.358 e. The molecule has 2 rings (SSSR count). The van der Waals surface area contributed by atoms with Gasteiger partial charge in [0.05, 0.1) is 0 Å². The molecule has 0 unspecified atom stereocenters. The van der Waals surface area contributed by atoms with E-state index in [1.54, 1.807) is 18.2 Å². The Morgan fingerprint density at radius 3 is 1.93 bits per heavy atom. The average Bonchev–Trinajstić information content (AvgIpc) is 2.58. The van der Waals surface area contributed by atoms with Gasteiger partial charge in [0.25, 0.3) is 0 Å². The first-order chi connectivity index (χ1) is 12.5. The van der Waals surface area contributed by atoms with Gasteiger partial charge in [-0.3, -0.25) is 4.79 Å². The molecule has 0 aliphatic heterocycles. The van der Waals surface area contributed by atoms with Gasteiger partial charge in [0.2, 0.25) is 0 Å². The molecular weight excluding hydrogens is 338 g/mol. The Balaban J connectivity index is 2.24. The molecule has 142 valence electrons. The standard InChI is InChI=1S/C23H27NO3/c1-22(2,3)18-14-17(15-19(21(18)26)23(4,5)6)24-27-20(25)13-12-16-10-8-7-9-11-16/h7-15H,1-6H3. The van der Waals surface area contributed by atoms with Crippen LogP contribution < -0.4 is 0 Å². The number of nitrogens with zero attached hydrogens (tertiary/aromatic N) is 1. The molecule has 1 aromatic carbocycles. The molecule has 0 radical (unpaired) electrons. The van der Waals surface area contributed by atoms with Crippen molar-refractivity contribution >= 4 is 23.5 Å². The molecule has 0 fully saturated rings. The Morgan fingerprint density at radius 2 is 1.44 bits per heavy atom. The fourth-order valence-electron chi connectivity index (χ4n) is 2.64. The molecule has 0 spiro atoms. The molecule has 0 N–H and O–H groups in total. The van der Waals surface area contributed by atoms with Crippen LogP contribution >= 0.6 is 0 Å². The molecule has 0 heterocycles. The summed E-state index contributed by atoms with van der Waals surface area (Å²) in [6, 6.07) is 9.46. The lowest BCUT2D eigenvalue weighted by atomic mass is 9.72. The number of carbonyl (C=O) groups excluding carboxylic acids is 2. The van der Waals surface area contributed by atoms with Gasteiger partial charge in [-0.1, -0.05) is 77.0 Å². The molecular formula is C23H27NO3. The highest BCUT2D eigenvalue weighted by molar-refractivity contribution is 6.22. The van der Waals surface area contributed by atoms with Crippen molar-refractivity contribution in [3.8, 4) is 0 Å². The summed E-state index contributed by atoms with van der Waals surface area (Å²) in [6.07, 6.45) is 6.40. The lowest BCUT2D eigenvalue weighted by Crippen LogP contribution is -2.29. The lowest BCUT2D eigenvalue weighted by Gasteiger charge is -2.30. The van der Waals surface area contributed by atoms with Gasteiger partial charge in [-0.05, 0) is 34.6 Å². The van der Waals surface area contributed by atoms with E-state index in [4.69, 9.17) is 4.84 Å². The zero-order valence-electron chi connectivity index (χ0n) is 16.9. The summed E-state index contributed by atoms with van der Waals surface area (Å²) in [5.74, 6) is -0.552. The van der Waals surface area contributed by atoms with Crippen molar-refractivity contribution < 1.29 is 14.4 Å². The van der Waals surface area contributed by atoms with Gasteiger partial charge in [-0.2, -0.15) is 0 Å². The van der Waals surface area contributed by atoms with E-state index < -0.39 is 5.97 Å². The van der Waals surface area contributed by atoms with E-state index in [9.17, 15) is 9.59 Å². The number of allylic oxidation sites excluding steroid dienone is 4. The quantitative estimate of drug-likeness (QED) is 0.323. The summed E-state index contributed by atoms with van der Waals surface area (Å²) in [4.78, 5) is 29.8. The molecule has 1 aliphatic carbocycles. The molecule has 4 nitrogen and oxygen atoms in total. The molecule has 0 aromatic heterocycles. The number of rotatable bonds is 3. The summed E-state index contributed by atoms with van der Waals surface area (Å²) in [6.45, 7) is 11.9. The van der Waals surface area contributed by atoms with Crippen LogP contribution in [-0.2, 0) is 14.4 Å². The van der Waals surface area contributed by atoms with Crippen LogP contribution in [0.1, 0.15) is 47.1 Å². The van der Waals surface area contributed by atoms with E-state index >= 15 is 0 Å². The number of benzene rings is 1. The van der Waals surface area contributed by atoms with Crippen molar-refractivity contribution in [2.75, 3.05) is 0 Å². The predicted molar refractivity (Wildman–Crippen MR) is 109 cm³/mol. The molecule has 1 aliphatic rings. The van der Waals surface area contributed by atoms with Crippen LogP contribution in [0, 0.1) is 10.8 Å². The average molecular weight is 365 g/mol. The molecule has 0 atom stereocenters. The second kappa shape index (κ2) is 7.87. The summed E-state index contributed by atoms with van der Waals surface area (Å²) in [5, 5.41) is 3.97. The minimum Gasteiger partial charge on any atom is -0.313 e. The third kappa shape index (κ3) is 5.61. The predicted octanol–water partition coefficient (Wildman–Crippen LogP) is 5.13. The third-order valence-corrected chi connectivity index (χ3v) is 4.14. The summed E-state index contributed by atoms with van der Waals surface area (Å²) in [7, 11) is 0. The zero-order chi connectivity index (χ0) is 20.2. The second-order valence-electron chi connectivity index (χ2n) is 8.62. The number of carbonyl (C=O) groups is 2. The maximum absolute atomic E-state index is 12.9. The Labute approximate surface area is 161 Å². The van der Waals surface area contributed by atoms with E-state index in [1.807, 2.05) is 71.9 Å². The molecule has 0 saturated carbocycles. The first kappa shape index (κ1) is 20.6. The molecule has 0 bridgehead atoms. The number of ketones is 1. The van der Waals surface area contributed by atoms with Gasteiger partial charge < -0.3 is 4.84 Å². The highest BCUT2D eigenvalue weighted by Gasteiger charge is 2.34. The Hall–Kier alpha value is -2.75.